The number of benzene rings is 2. The molecule has 1 amide bonds. The Morgan fingerprint density at radius 2 is 0.974 bits per heavy atom. The minimum atomic E-state index is -0.955. The molecule has 1 unspecified atom stereocenters. The molecule has 408 valence electrons. The molecule has 0 aliphatic heterocycles. The maximum atomic E-state index is 13.7. The highest BCUT2D eigenvalue weighted by Crippen LogP contribution is 2.31. The van der Waals surface area contributed by atoms with Crippen molar-refractivity contribution in [1.82, 2.24) is 24.4 Å². The summed E-state index contributed by atoms with van der Waals surface area (Å²) in [4.78, 5) is 82.0. The van der Waals surface area contributed by atoms with E-state index in [0.29, 0.717) is 18.4 Å². The summed E-state index contributed by atoms with van der Waals surface area (Å²) in [5.74, 6) is -1.66. The van der Waals surface area contributed by atoms with E-state index in [-0.39, 0.29) is 55.1 Å². The molecule has 0 bridgehead atoms. The molecule has 15 heteroatoms. The van der Waals surface area contributed by atoms with Gasteiger partial charge >= 0.3 is 17.9 Å². The molecule has 6 aromatic rings. The molecule has 0 saturated carbocycles. The van der Waals surface area contributed by atoms with Crippen LogP contribution >= 0.6 is 0 Å². The normalized spacial score (nSPS) is 12.4. The number of amides is 1. The lowest BCUT2D eigenvalue weighted by atomic mass is 9.94. The van der Waals surface area contributed by atoms with E-state index in [4.69, 9.17) is 10.5 Å². The van der Waals surface area contributed by atoms with E-state index in [1.165, 1.54) is 40.5 Å². The number of pyridine rings is 4. The molecule has 0 saturated heterocycles. The molecule has 4 N–H and O–H groups in total. The minimum absolute atomic E-state index is 0. The molecule has 15 nitrogen and oxygen atoms in total. The van der Waals surface area contributed by atoms with Gasteiger partial charge in [-0.05, 0) is 159 Å². The number of nitrogens with zero attached hydrogens (tertiary/aromatic N) is 4. The summed E-state index contributed by atoms with van der Waals surface area (Å²) in [7, 11) is 2.68. The zero-order valence-corrected chi connectivity index (χ0v) is 46.1. The van der Waals surface area contributed by atoms with Crippen LogP contribution in [0.3, 0.4) is 0 Å². The number of carbonyl (C=O) groups excluding carboxylic acids is 3. The summed E-state index contributed by atoms with van der Waals surface area (Å²) in [5, 5.41) is 12.2. The van der Waals surface area contributed by atoms with Gasteiger partial charge in [-0.25, -0.2) is 4.79 Å². The zero-order chi connectivity index (χ0) is 55.8. The van der Waals surface area contributed by atoms with Crippen molar-refractivity contribution in [3.63, 3.8) is 0 Å². The Morgan fingerprint density at radius 3 is 1.39 bits per heavy atom. The zero-order valence-electron chi connectivity index (χ0n) is 46.1. The summed E-state index contributed by atoms with van der Waals surface area (Å²) < 4.78 is 12.4. The van der Waals surface area contributed by atoms with Crippen LogP contribution < -0.4 is 22.2 Å². The number of carboxylic acids is 1. The van der Waals surface area contributed by atoms with E-state index >= 15 is 0 Å². The third-order valence-corrected chi connectivity index (χ3v) is 13.2. The number of ether oxygens (including phenoxy) is 2. The van der Waals surface area contributed by atoms with Gasteiger partial charge in [0.05, 0.1) is 33.1 Å². The number of methoxy groups -OCH3 is 2. The van der Waals surface area contributed by atoms with Crippen molar-refractivity contribution in [2.75, 3.05) is 14.2 Å². The summed E-state index contributed by atoms with van der Waals surface area (Å²) in [5.41, 5.74) is 19.5. The molecule has 4 atom stereocenters. The number of nitrogens with one attached hydrogen (secondary N) is 1. The van der Waals surface area contributed by atoms with Crippen LogP contribution in [0.15, 0.2) is 107 Å². The fraction of sp³-hybridized carbons (Fsp3) is 0.410. The quantitative estimate of drug-likeness (QED) is 0.0728. The first-order valence-corrected chi connectivity index (χ1v) is 25.2. The second-order valence-corrected chi connectivity index (χ2v) is 20.2. The standard InChI is InChI=1S/C30H37N3O4.C17H20N2O2.C13H19NO3.CH4/c1-18(2)11-26(33-17-22(6)21(5)12-27(33)34)30(36)32-25(14-28(35)37-7)23-13-24(16-31-15-23)29-19(3)9-8-10-20(29)4;1-11-5-4-6-12(2)17(11)14-7-13(9-19-10-14)15(18)8-16(20)21-3;1-8(2)5-11(13(16)17)14-7-10(4)9(3)6-12(14)15;/h8-10,12-13,15-18,25-26H,11,14H2,1-7H3,(H,32,36);4-7,9-10,15H,8,18H2,1-3H3;6-8,11H,5H2,1-4H3,(H,16,17);1H4/t25-,26?;15-;11-;/m110./s1. The molecule has 6 rings (SSSR count). The van der Waals surface area contributed by atoms with Gasteiger partial charge < -0.3 is 34.8 Å². The maximum absolute atomic E-state index is 13.7. The van der Waals surface area contributed by atoms with Crippen LogP contribution in [0.2, 0.25) is 0 Å². The predicted octanol–water partition coefficient (Wildman–Crippen LogP) is 10.9. The van der Waals surface area contributed by atoms with E-state index in [1.54, 1.807) is 37.1 Å². The molecule has 0 aliphatic rings. The molecular weight excluding hydrogens is 961 g/mol. The number of aromatic nitrogens is 4. The highest BCUT2D eigenvalue weighted by Gasteiger charge is 2.28. The van der Waals surface area contributed by atoms with Crippen LogP contribution in [0, 0.1) is 67.2 Å². The Kier molecular flexibility index (Phi) is 23.9. The molecular formula is C61H80N6O9. The number of aliphatic carboxylic acids is 1. The molecule has 4 aromatic heterocycles. The van der Waals surface area contributed by atoms with Crippen molar-refractivity contribution in [3.8, 4) is 22.3 Å². The topological polar surface area (TPSA) is 215 Å². The van der Waals surface area contributed by atoms with Crippen molar-refractivity contribution < 1.29 is 33.8 Å². The highest BCUT2D eigenvalue weighted by atomic mass is 16.5. The number of carbonyl (C=O) groups is 4. The average molecular weight is 1040 g/mol. The maximum Gasteiger partial charge on any atom is 0.326 e. The Bertz CT molecular complexity index is 3040. The number of hydrogen-bond donors (Lipinski definition) is 3. The number of carboxylic acid groups (broad SMARTS) is 1. The Labute approximate surface area is 448 Å². The van der Waals surface area contributed by atoms with Crippen LogP contribution in [-0.4, -0.2) is 62.2 Å². The minimum Gasteiger partial charge on any atom is -0.480 e. The molecule has 0 aliphatic carbocycles. The van der Waals surface area contributed by atoms with Crippen molar-refractivity contribution >= 4 is 23.8 Å². The van der Waals surface area contributed by atoms with Gasteiger partial charge in [0.2, 0.25) is 5.91 Å². The summed E-state index contributed by atoms with van der Waals surface area (Å²) in [6.45, 7) is 23.7. The van der Waals surface area contributed by atoms with Gasteiger partial charge in [-0.1, -0.05) is 71.5 Å². The second-order valence-electron chi connectivity index (χ2n) is 20.2. The lowest BCUT2D eigenvalue weighted by molar-refractivity contribution is -0.142. The smallest absolute Gasteiger partial charge is 0.326 e. The number of rotatable bonds is 17. The lowest BCUT2D eigenvalue weighted by Gasteiger charge is -2.26. The van der Waals surface area contributed by atoms with Crippen molar-refractivity contribution in [2.45, 2.75) is 140 Å². The number of aryl methyl sites for hydroxylation is 8. The summed E-state index contributed by atoms with van der Waals surface area (Å²) in [6.07, 6.45) is 11.4. The van der Waals surface area contributed by atoms with Crippen LogP contribution in [0.4, 0.5) is 0 Å². The van der Waals surface area contributed by atoms with Crippen molar-refractivity contribution in [3.05, 3.63) is 174 Å². The first-order chi connectivity index (χ1) is 35.4. The molecule has 0 radical (unpaired) electrons. The number of nitrogens with two attached hydrogens (primary N) is 1. The number of esters is 2. The van der Waals surface area contributed by atoms with Gasteiger partial charge in [0.15, 0.2) is 0 Å². The van der Waals surface area contributed by atoms with E-state index in [9.17, 15) is 33.9 Å². The van der Waals surface area contributed by atoms with E-state index in [2.05, 4.69) is 46.0 Å². The van der Waals surface area contributed by atoms with Gasteiger partial charge in [0.25, 0.3) is 11.1 Å². The van der Waals surface area contributed by atoms with Gasteiger partial charge in [-0.3, -0.25) is 33.9 Å². The fourth-order valence-electron chi connectivity index (χ4n) is 8.83. The van der Waals surface area contributed by atoms with E-state index < -0.39 is 36.1 Å². The highest BCUT2D eigenvalue weighted by molar-refractivity contribution is 5.82. The second kappa shape index (κ2) is 29.0. The average Bonchev–Trinajstić information content (AvgIpc) is 3.35. The summed E-state index contributed by atoms with van der Waals surface area (Å²) in [6, 6.07) is 16.7. The number of hydrogen-bond acceptors (Lipinski definition) is 11. The first-order valence-electron chi connectivity index (χ1n) is 25.2. The Morgan fingerprint density at radius 1 is 0.579 bits per heavy atom. The van der Waals surface area contributed by atoms with Gasteiger partial charge in [0, 0.05) is 66.5 Å². The van der Waals surface area contributed by atoms with Crippen LogP contribution in [-0.2, 0) is 28.7 Å². The van der Waals surface area contributed by atoms with Gasteiger partial charge in [0.1, 0.15) is 12.1 Å². The first kappa shape index (κ1) is 62.8. The largest absolute Gasteiger partial charge is 0.480 e. The lowest BCUT2D eigenvalue weighted by Crippen LogP contribution is -2.40. The van der Waals surface area contributed by atoms with Gasteiger partial charge in [-0.15, -0.1) is 0 Å². The molecule has 0 fully saturated rings. The fourth-order valence-corrected chi connectivity index (χ4v) is 8.83. The molecule has 4 heterocycles. The Hall–Kier alpha value is -7.52. The predicted molar refractivity (Wildman–Crippen MR) is 301 cm³/mol. The molecule has 0 spiro atoms. The van der Waals surface area contributed by atoms with Gasteiger partial charge in [-0.2, -0.15) is 0 Å². The van der Waals surface area contributed by atoms with Crippen molar-refractivity contribution in [1.29, 1.82) is 0 Å². The van der Waals surface area contributed by atoms with Crippen LogP contribution in [0.5, 0.6) is 0 Å². The molecule has 76 heavy (non-hydrogen) atoms. The van der Waals surface area contributed by atoms with Crippen LogP contribution in [0.25, 0.3) is 22.3 Å². The Balaban J connectivity index is 0.000000329. The van der Waals surface area contributed by atoms with Crippen molar-refractivity contribution in [2.24, 2.45) is 17.6 Å². The third kappa shape index (κ3) is 17.3. The molecule has 2 aromatic carbocycles. The monoisotopic (exact) mass is 1040 g/mol. The summed E-state index contributed by atoms with van der Waals surface area (Å²) >= 11 is 0. The third-order valence-electron chi connectivity index (χ3n) is 13.2. The van der Waals surface area contributed by atoms with E-state index in [0.717, 1.165) is 61.2 Å². The SMILES string of the molecule is C.COC(=O)C[C@@H](N)c1cncc(-c2c(C)cccc2C)c1.COC(=O)C[C@@H](NC(=O)C(CC(C)C)n1cc(C)c(C)cc1=O)c1cncc(-c2c(C)cccc2C)c1.Cc1cc(=O)n([C@@H](CC(C)C)C(=O)O)cc1C. The van der Waals surface area contributed by atoms with E-state index in [1.807, 2.05) is 112 Å². The van der Waals surface area contributed by atoms with Crippen LogP contribution in [0.1, 0.15) is 141 Å².